The van der Waals surface area contributed by atoms with Crippen LogP contribution in [0.1, 0.15) is 12.5 Å². The third-order valence-electron chi connectivity index (χ3n) is 1.50. The molecule has 0 radical (unpaired) electrons. The zero-order chi connectivity index (χ0) is 9.14. The van der Waals surface area contributed by atoms with E-state index in [4.69, 9.17) is 11.6 Å². The maximum atomic E-state index is 12.9. The molecule has 0 aliphatic rings. The van der Waals surface area contributed by atoms with Crippen molar-refractivity contribution >= 4 is 27.5 Å². The molecule has 0 N–H and O–H groups in total. The van der Waals surface area contributed by atoms with Crippen LogP contribution in [0.3, 0.4) is 0 Å². The molecule has 1 unspecified atom stereocenters. The Kier molecular flexibility index (Phi) is 3.53. The van der Waals surface area contributed by atoms with Crippen molar-refractivity contribution in [3.05, 3.63) is 34.6 Å². The summed E-state index contributed by atoms with van der Waals surface area (Å²) in [7, 11) is 0. The topological polar surface area (TPSA) is 0 Å². The lowest BCUT2D eigenvalue weighted by Gasteiger charge is -2.03. The van der Waals surface area contributed by atoms with Gasteiger partial charge in [0.1, 0.15) is 5.82 Å². The molecule has 0 bridgehead atoms. The molecule has 3 heteroatoms. The first kappa shape index (κ1) is 10.0. The third kappa shape index (κ3) is 2.76. The third-order valence-corrected chi connectivity index (χ3v) is 2.13. The lowest BCUT2D eigenvalue weighted by Crippen LogP contribution is -1.96. The van der Waals surface area contributed by atoms with Crippen molar-refractivity contribution in [3.63, 3.8) is 0 Å². The van der Waals surface area contributed by atoms with Crippen molar-refractivity contribution in [1.82, 2.24) is 0 Å². The van der Waals surface area contributed by atoms with E-state index in [0.29, 0.717) is 4.83 Å². The molecule has 12 heavy (non-hydrogen) atoms. The fourth-order valence-electron chi connectivity index (χ4n) is 0.991. The Hall–Kier alpha value is -0.0800. The second kappa shape index (κ2) is 4.24. The zero-order valence-electron chi connectivity index (χ0n) is 6.65. The SMILES string of the molecule is CC(Br)Cc1ccc(Cl)c(F)c1. The molecule has 1 aromatic carbocycles. The van der Waals surface area contributed by atoms with Crippen LogP contribution >= 0.6 is 27.5 Å². The maximum absolute atomic E-state index is 12.9. The van der Waals surface area contributed by atoms with Gasteiger partial charge < -0.3 is 0 Å². The molecule has 1 aromatic rings. The van der Waals surface area contributed by atoms with E-state index < -0.39 is 0 Å². The standard InChI is InChI=1S/C9H9BrClF/c1-6(10)4-7-2-3-8(11)9(12)5-7/h2-3,5-6H,4H2,1H3. The van der Waals surface area contributed by atoms with E-state index in [1.165, 1.54) is 6.07 Å². The molecule has 0 fully saturated rings. The Morgan fingerprint density at radius 1 is 1.58 bits per heavy atom. The zero-order valence-corrected chi connectivity index (χ0v) is 8.99. The summed E-state index contributed by atoms with van der Waals surface area (Å²) in [5.74, 6) is -0.345. The van der Waals surface area contributed by atoms with E-state index in [1.54, 1.807) is 6.07 Å². The summed E-state index contributed by atoms with van der Waals surface area (Å²) in [5.41, 5.74) is 0.960. The van der Waals surface area contributed by atoms with E-state index in [1.807, 2.05) is 13.0 Å². The second-order valence-electron chi connectivity index (χ2n) is 2.73. The van der Waals surface area contributed by atoms with Gasteiger partial charge in [0.2, 0.25) is 0 Å². The second-order valence-corrected chi connectivity index (χ2v) is 4.70. The number of halogens is 3. The van der Waals surface area contributed by atoms with Crippen LogP contribution in [0.25, 0.3) is 0 Å². The highest BCUT2D eigenvalue weighted by molar-refractivity contribution is 9.09. The van der Waals surface area contributed by atoms with Gasteiger partial charge in [0.15, 0.2) is 0 Å². The van der Waals surface area contributed by atoms with Gasteiger partial charge in [-0.2, -0.15) is 0 Å². The highest BCUT2D eigenvalue weighted by atomic mass is 79.9. The molecule has 0 nitrogen and oxygen atoms in total. The van der Waals surface area contributed by atoms with E-state index >= 15 is 0 Å². The molecule has 0 amide bonds. The largest absolute Gasteiger partial charge is 0.205 e. The van der Waals surface area contributed by atoms with Crippen LogP contribution in [0.5, 0.6) is 0 Å². The lowest BCUT2D eigenvalue weighted by atomic mass is 10.1. The molecule has 0 aromatic heterocycles. The molecule has 66 valence electrons. The van der Waals surface area contributed by atoms with Crippen LogP contribution in [0, 0.1) is 5.82 Å². The van der Waals surface area contributed by atoms with Crippen LogP contribution < -0.4 is 0 Å². The van der Waals surface area contributed by atoms with Gasteiger partial charge in [-0.25, -0.2) is 4.39 Å². The molecule has 0 spiro atoms. The fourth-order valence-corrected chi connectivity index (χ4v) is 1.48. The summed E-state index contributed by atoms with van der Waals surface area (Å²) in [6, 6.07) is 4.89. The van der Waals surface area contributed by atoms with Crippen LogP contribution in [0.15, 0.2) is 18.2 Å². The Morgan fingerprint density at radius 2 is 2.25 bits per heavy atom. The van der Waals surface area contributed by atoms with Gasteiger partial charge in [-0.15, -0.1) is 0 Å². The summed E-state index contributed by atoms with van der Waals surface area (Å²) >= 11 is 8.93. The minimum Gasteiger partial charge on any atom is -0.205 e. The molecule has 1 rings (SSSR count). The monoisotopic (exact) mass is 250 g/mol. The minimum atomic E-state index is -0.345. The van der Waals surface area contributed by atoms with Crippen LogP contribution in [-0.4, -0.2) is 4.83 Å². The van der Waals surface area contributed by atoms with Crippen molar-refractivity contribution in [1.29, 1.82) is 0 Å². The first-order chi connectivity index (χ1) is 5.59. The Labute approximate surface area is 84.9 Å². The summed E-state index contributed by atoms with van der Waals surface area (Å²) in [4.78, 5) is 0.359. The van der Waals surface area contributed by atoms with Crippen molar-refractivity contribution in [2.45, 2.75) is 18.2 Å². The predicted molar refractivity (Wildman–Crippen MR) is 53.5 cm³/mol. The molecular weight excluding hydrogens is 242 g/mol. The van der Waals surface area contributed by atoms with Gasteiger partial charge >= 0.3 is 0 Å². The molecular formula is C9H9BrClF. The molecule has 0 saturated heterocycles. The number of rotatable bonds is 2. The summed E-state index contributed by atoms with van der Waals surface area (Å²) in [6.07, 6.45) is 0.814. The van der Waals surface area contributed by atoms with E-state index in [0.717, 1.165) is 12.0 Å². The highest BCUT2D eigenvalue weighted by Crippen LogP contribution is 2.17. The summed E-state index contributed by atoms with van der Waals surface area (Å²) in [6.45, 7) is 2.02. The molecule has 1 atom stereocenters. The molecule has 0 heterocycles. The number of alkyl halides is 1. The number of hydrogen-bond donors (Lipinski definition) is 0. The van der Waals surface area contributed by atoms with Crippen LogP contribution in [-0.2, 0) is 6.42 Å². The minimum absolute atomic E-state index is 0.181. The average molecular weight is 252 g/mol. The quantitative estimate of drug-likeness (QED) is 0.701. The van der Waals surface area contributed by atoms with Crippen molar-refractivity contribution in [3.8, 4) is 0 Å². The van der Waals surface area contributed by atoms with Gasteiger partial charge in [-0.3, -0.25) is 0 Å². The van der Waals surface area contributed by atoms with Gasteiger partial charge in [0.25, 0.3) is 0 Å². The molecule has 0 saturated carbocycles. The van der Waals surface area contributed by atoms with Crippen molar-refractivity contribution < 1.29 is 4.39 Å². The molecule has 0 aliphatic carbocycles. The van der Waals surface area contributed by atoms with Gasteiger partial charge in [-0.1, -0.05) is 40.5 Å². The van der Waals surface area contributed by atoms with Gasteiger partial charge in [0, 0.05) is 4.83 Å². The van der Waals surface area contributed by atoms with E-state index in [9.17, 15) is 4.39 Å². The number of hydrogen-bond acceptors (Lipinski definition) is 0. The Balaban J connectivity index is 2.82. The highest BCUT2D eigenvalue weighted by Gasteiger charge is 2.03. The van der Waals surface area contributed by atoms with E-state index in [2.05, 4.69) is 15.9 Å². The summed E-state index contributed by atoms with van der Waals surface area (Å²) < 4.78 is 12.9. The average Bonchev–Trinajstić information content (AvgIpc) is 1.96. The Bertz CT molecular complexity index is 273. The lowest BCUT2D eigenvalue weighted by molar-refractivity contribution is 0.625. The first-order valence-electron chi connectivity index (χ1n) is 3.67. The van der Waals surface area contributed by atoms with Crippen molar-refractivity contribution in [2.75, 3.05) is 0 Å². The predicted octanol–water partition coefficient (Wildman–Crippen LogP) is 3.81. The first-order valence-corrected chi connectivity index (χ1v) is 4.97. The van der Waals surface area contributed by atoms with Crippen molar-refractivity contribution in [2.24, 2.45) is 0 Å². The number of benzene rings is 1. The maximum Gasteiger partial charge on any atom is 0.142 e. The Morgan fingerprint density at radius 3 is 2.75 bits per heavy atom. The van der Waals surface area contributed by atoms with Crippen LogP contribution in [0.4, 0.5) is 4.39 Å². The van der Waals surface area contributed by atoms with Crippen LogP contribution in [0.2, 0.25) is 5.02 Å². The van der Waals surface area contributed by atoms with E-state index in [-0.39, 0.29) is 10.8 Å². The molecule has 0 aliphatic heterocycles. The smallest absolute Gasteiger partial charge is 0.142 e. The fraction of sp³-hybridized carbons (Fsp3) is 0.333. The van der Waals surface area contributed by atoms with Gasteiger partial charge in [-0.05, 0) is 24.1 Å². The van der Waals surface area contributed by atoms with Gasteiger partial charge in [0.05, 0.1) is 5.02 Å². The summed E-state index contributed by atoms with van der Waals surface area (Å²) in [5, 5.41) is 0.181. The normalized spacial score (nSPS) is 13.0.